The van der Waals surface area contributed by atoms with Crippen molar-refractivity contribution in [3.05, 3.63) is 72.6 Å². The third-order valence-corrected chi connectivity index (χ3v) is 6.78. The van der Waals surface area contributed by atoms with Crippen LogP contribution < -0.4 is 20.5 Å². The molecule has 3 heterocycles. The van der Waals surface area contributed by atoms with E-state index in [-0.39, 0.29) is 23.4 Å². The molecule has 0 bridgehead atoms. The monoisotopic (exact) mass is 556 g/mol. The Bertz CT molecular complexity index is 1410. The molecule has 40 heavy (non-hydrogen) atoms. The van der Waals surface area contributed by atoms with Crippen LogP contribution in [0.15, 0.2) is 61.2 Å². The number of alkyl halides is 3. The summed E-state index contributed by atoms with van der Waals surface area (Å²) < 4.78 is 48.7. The first-order chi connectivity index (χ1) is 19.1. The average Bonchev–Trinajstić information content (AvgIpc) is 3.33. The van der Waals surface area contributed by atoms with Crippen molar-refractivity contribution in [2.45, 2.75) is 18.8 Å². The van der Waals surface area contributed by atoms with E-state index in [9.17, 15) is 22.8 Å². The maximum atomic E-state index is 12.5. The lowest BCUT2D eigenvalue weighted by molar-refractivity contribution is -0.274. The Morgan fingerprint density at radius 3 is 2.40 bits per heavy atom. The van der Waals surface area contributed by atoms with E-state index >= 15 is 0 Å². The maximum Gasteiger partial charge on any atom is 0.573 e. The van der Waals surface area contributed by atoms with Crippen LogP contribution in [0.3, 0.4) is 0 Å². The van der Waals surface area contributed by atoms with Crippen molar-refractivity contribution in [3.8, 4) is 22.9 Å². The largest absolute Gasteiger partial charge is 0.573 e. The van der Waals surface area contributed by atoms with Gasteiger partial charge >= 0.3 is 6.36 Å². The number of benzene rings is 2. The predicted octanol–water partition coefficient (Wildman–Crippen LogP) is 3.85. The number of primary amides is 1. The molecule has 0 spiro atoms. The summed E-state index contributed by atoms with van der Waals surface area (Å²) in [5.74, 6) is -0.631. The van der Waals surface area contributed by atoms with Gasteiger partial charge in [-0.1, -0.05) is 12.6 Å². The molecule has 5 rings (SSSR count). The van der Waals surface area contributed by atoms with E-state index < -0.39 is 18.0 Å². The highest BCUT2D eigenvalue weighted by Crippen LogP contribution is 2.37. The minimum absolute atomic E-state index is 0.0645. The van der Waals surface area contributed by atoms with E-state index in [1.54, 1.807) is 29.2 Å². The van der Waals surface area contributed by atoms with Crippen LogP contribution in [0.1, 0.15) is 28.6 Å². The molecule has 1 aromatic heterocycles. The lowest BCUT2D eigenvalue weighted by Gasteiger charge is -2.40. The number of nitrogens with two attached hydrogens (primary N) is 1. The molecule has 3 aromatic rings. The molecule has 1 atom stereocenters. The van der Waals surface area contributed by atoms with Crippen molar-refractivity contribution < 1.29 is 32.2 Å². The summed E-state index contributed by atoms with van der Waals surface area (Å²) in [7, 11) is 0. The van der Waals surface area contributed by atoms with Gasteiger partial charge in [0.05, 0.1) is 17.4 Å². The zero-order chi connectivity index (χ0) is 28.4. The van der Waals surface area contributed by atoms with E-state index in [1.165, 1.54) is 29.0 Å². The van der Waals surface area contributed by atoms with Crippen molar-refractivity contribution in [2.24, 2.45) is 5.73 Å². The van der Waals surface area contributed by atoms with Gasteiger partial charge in [-0.15, -0.1) is 13.2 Å². The summed E-state index contributed by atoms with van der Waals surface area (Å²) in [4.78, 5) is 28.5. The Balaban J connectivity index is 1.37. The zero-order valence-electron chi connectivity index (χ0n) is 21.4. The Labute approximate surface area is 227 Å². The summed E-state index contributed by atoms with van der Waals surface area (Å²) >= 11 is 0. The first-order valence-corrected chi connectivity index (χ1v) is 12.6. The number of nitrogens with zero attached hydrogens (tertiary/aromatic N) is 4. The fourth-order valence-corrected chi connectivity index (χ4v) is 4.99. The van der Waals surface area contributed by atoms with Crippen molar-refractivity contribution >= 4 is 17.5 Å². The second-order valence-electron chi connectivity index (χ2n) is 9.30. The minimum Gasteiger partial charge on any atom is -0.457 e. The standard InChI is InChI=1S/C27H27F3N6O4/c1-2-22(37)35-14-12-34(13-15-35)21-10-11-32-24-23(21)33-36(25(24)26(31)38)17-6-8-18(9-7-17)39-19-4-3-5-20(16-19)40-27(28,29)30/h2-9,16,21,32H,1,10-15H2,(H2,31,38)/t21-/m0/s1. The number of carbonyl (C=O) groups excluding carboxylic acids is 2. The molecule has 0 radical (unpaired) electrons. The molecule has 2 amide bonds. The fraction of sp³-hybridized carbons (Fsp3) is 0.296. The number of hydrogen-bond acceptors (Lipinski definition) is 7. The molecule has 0 saturated carbocycles. The normalized spacial score (nSPS) is 17.5. The van der Waals surface area contributed by atoms with Crippen molar-refractivity contribution in [3.63, 3.8) is 0 Å². The van der Waals surface area contributed by atoms with Crippen LogP contribution in [-0.2, 0) is 4.79 Å². The highest BCUT2D eigenvalue weighted by atomic mass is 19.4. The lowest BCUT2D eigenvalue weighted by Crippen LogP contribution is -2.50. The van der Waals surface area contributed by atoms with Gasteiger partial charge in [-0.2, -0.15) is 5.10 Å². The van der Waals surface area contributed by atoms with Gasteiger partial charge in [0, 0.05) is 38.8 Å². The number of aromatic nitrogens is 2. The lowest BCUT2D eigenvalue weighted by atomic mass is 10.0. The SMILES string of the molecule is C=CC(=O)N1CCN([C@H]2CCNc3c2nn(-c2ccc(Oc4cccc(OC(F)(F)F)c4)cc2)c3C(N)=O)CC1. The number of anilines is 1. The summed E-state index contributed by atoms with van der Waals surface area (Å²) in [5.41, 5.74) is 7.82. The third-order valence-electron chi connectivity index (χ3n) is 6.78. The van der Waals surface area contributed by atoms with Crippen LogP contribution in [0.2, 0.25) is 0 Å². The molecule has 10 nitrogen and oxygen atoms in total. The van der Waals surface area contributed by atoms with Gasteiger partial charge in [-0.25, -0.2) is 4.68 Å². The van der Waals surface area contributed by atoms with E-state index in [2.05, 4.69) is 21.5 Å². The van der Waals surface area contributed by atoms with Crippen LogP contribution >= 0.6 is 0 Å². The van der Waals surface area contributed by atoms with Gasteiger partial charge in [-0.3, -0.25) is 14.5 Å². The van der Waals surface area contributed by atoms with Gasteiger partial charge in [-0.05, 0) is 48.9 Å². The second kappa shape index (κ2) is 10.9. The smallest absolute Gasteiger partial charge is 0.457 e. The zero-order valence-corrected chi connectivity index (χ0v) is 21.4. The Kier molecular flexibility index (Phi) is 7.39. The average molecular weight is 557 g/mol. The molecular formula is C27H27F3N6O4. The minimum atomic E-state index is -4.81. The number of piperazine rings is 1. The molecule has 2 aliphatic rings. The first-order valence-electron chi connectivity index (χ1n) is 12.6. The molecule has 3 N–H and O–H groups in total. The molecule has 210 valence electrons. The van der Waals surface area contributed by atoms with Gasteiger partial charge < -0.3 is 25.4 Å². The summed E-state index contributed by atoms with van der Waals surface area (Å²) in [6.07, 6.45) is -2.73. The first kappa shape index (κ1) is 27.1. The molecular weight excluding hydrogens is 529 g/mol. The molecule has 2 aliphatic heterocycles. The van der Waals surface area contributed by atoms with Crippen molar-refractivity contribution in [1.82, 2.24) is 19.6 Å². The van der Waals surface area contributed by atoms with Crippen LogP contribution in [0, 0.1) is 0 Å². The molecule has 1 fully saturated rings. The molecule has 1 saturated heterocycles. The van der Waals surface area contributed by atoms with Gasteiger partial charge in [0.2, 0.25) is 5.91 Å². The van der Waals surface area contributed by atoms with E-state index in [0.717, 1.165) is 12.5 Å². The Morgan fingerprint density at radius 2 is 1.75 bits per heavy atom. The van der Waals surface area contributed by atoms with Crippen molar-refractivity contribution in [2.75, 3.05) is 38.0 Å². The van der Waals surface area contributed by atoms with E-state index in [1.807, 2.05) is 0 Å². The second-order valence-corrected chi connectivity index (χ2v) is 9.30. The molecule has 0 unspecified atom stereocenters. The summed E-state index contributed by atoms with van der Waals surface area (Å²) in [6, 6.07) is 11.7. The number of rotatable bonds is 7. The van der Waals surface area contributed by atoms with Gasteiger partial charge in [0.15, 0.2) is 5.69 Å². The highest BCUT2D eigenvalue weighted by molar-refractivity contribution is 5.98. The maximum absolute atomic E-state index is 12.5. The van der Waals surface area contributed by atoms with E-state index in [0.29, 0.717) is 55.5 Å². The quantitative estimate of drug-likeness (QED) is 0.425. The Morgan fingerprint density at radius 1 is 1.05 bits per heavy atom. The fourth-order valence-electron chi connectivity index (χ4n) is 4.99. The number of amides is 2. The van der Waals surface area contributed by atoms with Gasteiger partial charge in [0.25, 0.3) is 5.91 Å². The Hall–Kier alpha value is -4.52. The number of nitrogens with one attached hydrogen (secondary N) is 1. The molecule has 0 aliphatic carbocycles. The van der Waals surface area contributed by atoms with Crippen LogP contribution in [0.4, 0.5) is 18.9 Å². The van der Waals surface area contributed by atoms with Crippen LogP contribution in [0.5, 0.6) is 17.2 Å². The summed E-state index contributed by atoms with van der Waals surface area (Å²) in [5, 5.41) is 8.05. The van der Waals surface area contributed by atoms with Crippen LogP contribution in [-0.4, -0.2) is 70.5 Å². The third kappa shape index (κ3) is 5.73. The van der Waals surface area contributed by atoms with Crippen molar-refractivity contribution in [1.29, 1.82) is 0 Å². The molecule has 2 aromatic carbocycles. The molecule has 13 heteroatoms. The van der Waals surface area contributed by atoms with E-state index in [4.69, 9.17) is 15.6 Å². The van der Waals surface area contributed by atoms with Gasteiger partial charge in [0.1, 0.15) is 22.9 Å². The van der Waals surface area contributed by atoms with Crippen LogP contribution in [0.25, 0.3) is 5.69 Å². The highest BCUT2D eigenvalue weighted by Gasteiger charge is 2.35. The number of fused-ring (bicyclic) bond motifs is 1. The predicted molar refractivity (Wildman–Crippen MR) is 139 cm³/mol. The summed E-state index contributed by atoms with van der Waals surface area (Å²) in [6.45, 7) is 6.63. The number of halogens is 3. The topological polar surface area (TPSA) is 115 Å². The number of hydrogen-bond donors (Lipinski definition) is 2. The number of carbonyl (C=O) groups is 2. The number of ether oxygens (including phenoxy) is 2.